The molecule has 2 aromatic rings. The summed E-state index contributed by atoms with van der Waals surface area (Å²) in [4.78, 5) is 0. The van der Waals surface area contributed by atoms with E-state index < -0.39 is 0 Å². The van der Waals surface area contributed by atoms with E-state index in [9.17, 15) is 0 Å². The van der Waals surface area contributed by atoms with E-state index in [-0.39, 0.29) is 6.04 Å². The Morgan fingerprint density at radius 3 is 2.44 bits per heavy atom. The molecule has 0 radical (unpaired) electrons. The Hall–Kier alpha value is -2.28. The lowest BCUT2D eigenvalue weighted by Gasteiger charge is -2.29. The van der Waals surface area contributed by atoms with E-state index in [0.717, 1.165) is 12.0 Å². The molecule has 25 heavy (non-hydrogen) atoms. The van der Waals surface area contributed by atoms with Crippen LogP contribution >= 0.6 is 0 Å². The first-order valence-corrected chi connectivity index (χ1v) is 9.25. The molecule has 0 saturated heterocycles. The predicted molar refractivity (Wildman–Crippen MR) is 110 cm³/mol. The van der Waals surface area contributed by atoms with Gasteiger partial charge in [-0.15, -0.1) is 0 Å². The Balaban J connectivity index is 2.19. The summed E-state index contributed by atoms with van der Waals surface area (Å²) < 4.78 is 0. The van der Waals surface area contributed by atoms with Gasteiger partial charge in [-0.05, 0) is 73.2 Å². The fourth-order valence-electron chi connectivity index (χ4n) is 3.96. The van der Waals surface area contributed by atoms with Crippen LogP contribution in [0.25, 0.3) is 11.6 Å². The van der Waals surface area contributed by atoms with Gasteiger partial charge in [0.2, 0.25) is 0 Å². The zero-order chi connectivity index (χ0) is 18.1. The maximum absolute atomic E-state index is 4.28. The van der Waals surface area contributed by atoms with Crippen molar-refractivity contribution >= 4 is 11.6 Å². The van der Waals surface area contributed by atoms with Gasteiger partial charge in [0.25, 0.3) is 0 Å². The molecule has 0 bridgehead atoms. The molecule has 2 atom stereocenters. The van der Waals surface area contributed by atoms with Gasteiger partial charge in [0.05, 0.1) is 6.04 Å². The van der Waals surface area contributed by atoms with E-state index in [4.69, 9.17) is 0 Å². The van der Waals surface area contributed by atoms with Gasteiger partial charge in [-0.2, -0.15) is 0 Å². The van der Waals surface area contributed by atoms with E-state index in [2.05, 4.69) is 89.1 Å². The second-order valence-electron chi connectivity index (χ2n) is 7.48. The van der Waals surface area contributed by atoms with E-state index in [1.165, 1.54) is 38.9 Å². The molecule has 0 aromatic heterocycles. The van der Waals surface area contributed by atoms with E-state index in [0.29, 0.717) is 5.92 Å². The van der Waals surface area contributed by atoms with Gasteiger partial charge in [-0.3, -0.25) is 0 Å². The molecule has 130 valence electrons. The number of allylic oxidation sites excluding steroid dienone is 1. The number of rotatable bonds is 4. The number of aryl methyl sites for hydroxylation is 2. The SMILES string of the molecule is C=C(C)c1c(C(C)CC)ccc2c1C=CNC2c1cc(C)cc(C)c1. The largest absolute Gasteiger partial charge is 0.380 e. The molecule has 1 heteroatoms. The maximum Gasteiger partial charge on any atom is 0.0768 e. The number of nitrogens with one attached hydrogen (secondary N) is 1. The van der Waals surface area contributed by atoms with Crippen molar-refractivity contribution in [3.05, 3.63) is 82.1 Å². The smallest absolute Gasteiger partial charge is 0.0768 e. The average Bonchev–Trinajstić information content (AvgIpc) is 2.58. The molecular weight excluding hydrogens is 302 g/mol. The molecule has 0 amide bonds. The fourth-order valence-corrected chi connectivity index (χ4v) is 3.96. The highest BCUT2D eigenvalue weighted by molar-refractivity contribution is 5.78. The van der Waals surface area contributed by atoms with Crippen LogP contribution in [-0.2, 0) is 0 Å². The van der Waals surface area contributed by atoms with Crippen molar-refractivity contribution in [2.75, 3.05) is 0 Å². The van der Waals surface area contributed by atoms with E-state index in [1.807, 2.05) is 0 Å². The minimum atomic E-state index is 0.197. The third-order valence-corrected chi connectivity index (χ3v) is 5.28. The van der Waals surface area contributed by atoms with Crippen molar-refractivity contribution in [2.45, 2.75) is 53.0 Å². The molecule has 3 rings (SSSR count). The maximum atomic E-state index is 4.28. The number of hydrogen-bond donors (Lipinski definition) is 1. The summed E-state index contributed by atoms with van der Waals surface area (Å²) >= 11 is 0. The highest BCUT2D eigenvalue weighted by atomic mass is 14.9. The van der Waals surface area contributed by atoms with Gasteiger partial charge in [-0.25, -0.2) is 0 Å². The molecule has 1 heterocycles. The van der Waals surface area contributed by atoms with Crippen molar-refractivity contribution in [1.82, 2.24) is 5.32 Å². The number of fused-ring (bicyclic) bond motifs is 1. The molecule has 1 aliphatic rings. The summed E-state index contributed by atoms with van der Waals surface area (Å²) in [6, 6.07) is 11.6. The van der Waals surface area contributed by atoms with Crippen LogP contribution < -0.4 is 5.32 Å². The Bertz CT molecular complexity index is 821. The lowest BCUT2D eigenvalue weighted by atomic mass is 9.81. The van der Waals surface area contributed by atoms with Gasteiger partial charge in [-0.1, -0.05) is 67.5 Å². The summed E-state index contributed by atoms with van der Waals surface area (Å²) in [6.07, 6.45) is 5.45. The van der Waals surface area contributed by atoms with Crippen molar-refractivity contribution in [3.63, 3.8) is 0 Å². The third kappa shape index (κ3) is 3.28. The number of hydrogen-bond acceptors (Lipinski definition) is 1. The fraction of sp³-hybridized carbons (Fsp3) is 0.333. The first kappa shape index (κ1) is 17.5. The van der Waals surface area contributed by atoms with Crippen LogP contribution in [0.4, 0.5) is 0 Å². The van der Waals surface area contributed by atoms with Gasteiger partial charge in [0.1, 0.15) is 0 Å². The molecule has 2 aromatic carbocycles. The first-order valence-electron chi connectivity index (χ1n) is 9.25. The van der Waals surface area contributed by atoms with Crippen molar-refractivity contribution < 1.29 is 0 Å². The summed E-state index contributed by atoms with van der Waals surface area (Å²) in [5.41, 5.74) is 10.5. The molecule has 2 unspecified atom stereocenters. The average molecular weight is 332 g/mol. The van der Waals surface area contributed by atoms with Crippen molar-refractivity contribution in [1.29, 1.82) is 0 Å². The molecule has 0 spiro atoms. The first-order chi connectivity index (χ1) is 11.9. The molecule has 0 saturated carbocycles. The van der Waals surface area contributed by atoms with E-state index in [1.54, 1.807) is 0 Å². The summed E-state index contributed by atoms with van der Waals surface area (Å²) in [5, 5.41) is 3.56. The molecule has 0 aliphatic carbocycles. The zero-order valence-electron chi connectivity index (χ0n) is 16.1. The molecule has 0 fully saturated rings. The topological polar surface area (TPSA) is 12.0 Å². The highest BCUT2D eigenvalue weighted by Crippen LogP contribution is 2.38. The van der Waals surface area contributed by atoms with Crippen molar-refractivity contribution in [2.24, 2.45) is 0 Å². The summed E-state index contributed by atoms with van der Waals surface area (Å²) in [6.45, 7) is 15.3. The normalized spacial score (nSPS) is 16.9. The Morgan fingerprint density at radius 2 is 1.84 bits per heavy atom. The second kappa shape index (κ2) is 6.92. The number of benzene rings is 2. The summed E-state index contributed by atoms with van der Waals surface area (Å²) in [7, 11) is 0. The van der Waals surface area contributed by atoms with Crippen LogP contribution in [0.2, 0.25) is 0 Å². The van der Waals surface area contributed by atoms with Gasteiger partial charge < -0.3 is 5.32 Å². The summed E-state index contributed by atoms with van der Waals surface area (Å²) in [5.74, 6) is 0.542. The Morgan fingerprint density at radius 1 is 1.16 bits per heavy atom. The zero-order valence-corrected chi connectivity index (χ0v) is 16.1. The van der Waals surface area contributed by atoms with Crippen LogP contribution in [0.15, 0.2) is 43.1 Å². The van der Waals surface area contributed by atoms with Crippen LogP contribution in [-0.4, -0.2) is 0 Å². The monoisotopic (exact) mass is 331 g/mol. The standard InChI is InChI=1S/C24H29N/c1-7-18(6)20-8-9-22-21(23(20)15(2)3)10-11-25-24(22)19-13-16(4)12-17(5)14-19/h8-14,18,24-25H,2,7H2,1,3-6H3. The molecule has 1 N–H and O–H groups in total. The van der Waals surface area contributed by atoms with Gasteiger partial charge >= 0.3 is 0 Å². The van der Waals surface area contributed by atoms with Crippen LogP contribution in [0.3, 0.4) is 0 Å². The lowest BCUT2D eigenvalue weighted by Crippen LogP contribution is -2.22. The highest BCUT2D eigenvalue weighted by Gasteiger charge is 2.24. The van der Waals surface area contributed by atoms with Crippen LogP contribution in [0, 0.1) is 13.8 Å². The minimum absolute atomic E-state index is 0.197. The van der Waals surface area contributed by atoms with E-state index >= 15 is 0 Å². The lowest BCUT2D eigenvalue weighted by molar-refractivity contribution is 0.707. The minimum Gasteiger partial charge on any atom is -0.380 e. The Kier molecular flexibility index (Phi) is 4.85. The van der Waals surface area contributed by atoms with Gasteiger partial charge in [0, 0.05) is 0 Å². The predicted octanol–water partition coefficient (Wildman–Crippen LogP) is 6.51. The van der Waals surface area contributed by atoms with Crippen LogP contribution in [0.5, 0.6) is 0 Å². The third-order valence-electron chi connectivity index (χ3n) is 5.28. The van der Waals surface area contributed by atoms with Crippen LogP contribution in [0.1, 0.15) is 78.1 Å². The Labute approximate surface area is 152 Å². The quantitative estimate of drug-likeness (QED) is 0.673. The molecule has 1 nitrogen and oxygen atoms in total. The molecule has 1 aliphatic heterocycles. The molecular formula is C24H29N. The second-order valence-corrected chi connectivity index (χ2v) is 7.48. The van der Waals surface area contributed by atoms with Gasteiger partial charge in [0.15, 0.2) is 0 Å². The van der Waals surface area contributed by atoms with Crippen molar-refractivity contribution in [3.8, 4) is 0 Å².